The van der Waals surface area contributed by atoms with Crippen LogP contribution in [-0.4, -0.2) is 35.0 Å². The van der Waals surface area contributed by atoms with Crippen molar-refractivity contribution >= 4 is 41.1 Å². The van der Waals surface area contributed by atoms with Gasteiger partial charge in [0.1, 0.15) is 5.75 Å². The summed E-state index contributed by atoms with van der Waals surface area (Å²) >= 11 is 12.0. The summed E-state index contributed by atoms with van der Waals surface area (Å²) < 4.78 is 0. The molecule has 0 unspecified atom stereocenters. The largest absolute Gasteiger partial charge is 0.505 e. The maximum atomic E-state index is 11.8. The van der Waals surface area contributed by atoms with Crippen LogP contribution in [0.25, 0.3) is 6.08 Å². The molecule has 1 aromatic heterocycles. The molecule has 0 aliphatic carbocycles. The number of carbonyl (C=O) groups excluding carboxylic acids is 2. The van der Waals surface area contributed by atoms with Crippen LogP contribution in [0.5, 0.6) is 5.75 Å². The van der Waals surface area contributed by atoms with E-state index in [2.05, 4.69) is 15.6 Å². The smallest absolute Gasteiger partial charge is 0.273 e. The van der Waals surface area contributed by atoms with Gasteiger partial charge in [0.15, 0.2) is 5.69 Å². The third-order valence-corrected chi connectivity index (χ3v) is 3.77. The standard InChI is InChI=1S/C17H15Cl2N3O3/c18-12-3-1-4-13(19)11(12)6-7-15(24)20-9-10-22-17(25)16-14(23)5-2-8-21-16/h1-8,23H,9-10H2,(H,20,24)(H,22,25)/b7-6+. The molecule has 0 spiro atoms. The van der Waals surface area contributed by atoms with Crippen LogP contribution in [0, 0.1) is 0 Å². The van der Waals surface area contributed by atoms with E-state index in [4.69, 9.17) is 23.2 Å². The van der Waals surface area contributed by atoms with E-state index in [1.165, 1.54) is 30.5 Å². The van der Waals surface area contributed by atoms with Crippen molar-refractivity contribution in [1.29, 1.82) is 0 Å². The highest BCUT2D eigenvalue weighted by Crippen LogP contribution is 2.25. The molecule has 1 aromatic carbocycles. The van der Waals surface area contributed by atoms with E-state index >= 15 is 0 Å². The van der Waals surface area contributed by atoms with Crippen LogP contribution in [-0.2, 0) is 4.79 Å². The van der Waals surface area contributed by atoms with Crippen molar-refractivity contribution in [3.05, 3.63) is 63.9 Å². The minimum atomic E-state index is -0.522. The zero-order chi connectivity index (χ0) is 18.2. The minimum absolute atomic E-state index is 0.0675. The zero-order valence-electron chi connectivity index (χ0n) is 13.0. The number of amides is 2. The molecule has 0 saturated heterocycles. The molecule has 0 bridgehead atoms. The molecular formula is C17H15Cl2N3O3. The van der Waals surface area contributed by atoms with Crippen LogP contribution < -0.4 is 10.6 Å². The number of rotatable bonds is 6. The Bertz CT molecular complexity index is 789. The number of halogens is 2. The molecule has 2 rings (SSSR count). The monoisotopic (exact) mass is 379 g/mol. The number of aromatic nitrogens is 1. The average Bonchev–Trinajstić information content (AvgIpc) is 2.58. The molecule has 2 aromatic rings. The van der Waals surface area contributed by atoms with Crippen molar-refractivity contribution in [2.24, 2.45) is 0 Å². The maximum absolute atomic E-state index is 11.8. The lowest BCUT2D eigenvalue weighted by molar-refractivity contribution is -0.116. The summed E-state index contributed by atoms with van der Waals surface area (Å²) in [4.78, 5) is 27.4. The Morgan fingerprint density at radius 1 is 1.08 bits per heavy atom. The van der Waals surface area contributed by atoms with E-state index in [9.17, 15) is 14.7 Å². The van der Waals surface area contributed by atoms with Gasteiger partial charge in [-0.3, -0.25) is 9.59 Å². The molecule has 0 aliphatic heterocycles. The van der Waals surface area contributed by atoms with E-state index in [1.807, 2.05) is 0 Å². The van der Waals surface area contributed by atoms with Gasteiger partial charge in [0.2, 0.25) is 5.91 Å². The normalized spacial score (nSPS) is 10.6. The molecule has 6 nitrogen and oxygen atoms in total. The Kier molecular flexibility index (Phi) is 6.80. The van der Waals surface area contributed by atoms with Crippen molar-refractivity contribution in [2.75, 3.05) is 13.1 Å². The Morgan fingerprint density at radius 2 is 1.76 bits per heavy atom. The molecule has 0 radical (unpaired) electrons. The van der Waals surface area contributed by atoms with Gasteiger partial charge in [0.25, 0.3) is 5.91 Å². The summed E-state index contributed by atoms with van der Waals surface area (Å²) in [5.74, 6) is -1.08. The number of nitrogens with zero attached hydrogens (tertiary/aromatic N) is 1. The lowest BCUT2D eigenvalue weighted by Crippen LogP contribution is -2.34. The summed E-state index contributed by atoms with van der Waals surface area (Å²) in [5.41, 5.74) is 0.488. The molecule has 8 heteroatoms. The van der Waals surface area contributed by atoms with Crippen LogP contribution in [0.1, 0.15) is 16.1 Å². The van der Waals surface area contributed by atoms with Gasteiger partial charge < -0.3 is 15.7 Å². The molecule has 0 atom stereocenters. The van der Waals surface area contributed by atoms with E-state index in [1.54, 1.807) is 18.2 Å². The third kappa shape index (κ3) is 5.48. The second-order valence-corrected chi connectivity index (χ2v) is 5.70. The SMILES string of the molecule is O=C(/C=C/c1c(Cl)cccc1Cl)NCCNC(=O)c1ncccc1O. The topological polar surface area (TPSA) is 91.3 Å². The molecule has 1 heterocycles. The predicted octanol–water partition coefficient (Wildman–Crippen LogP) is 2.65. The lowest BCUT2D eigenvalue weighted by atomic mass is 10.2. The van der Waals surface area contributed by atoms with Crippen molar-refractivity contribution < 1.29 is 14.7 Å². The Labute approximate surface area is 154 Å². The Hall–Kier alpha value is -2.57. The average molecular weight is 380 g/mol. The number of hydrogen-bond acceptors (Lipinski definition) is 4. The first-order valence-electron chi connectivity index (χ1n) is 7.31. The fourth-order valence-electron chi connectivity index (χ4n) is 1.91. The lowest BCUT2D eigenvalue weighted by Gasteiger charge is -2.06. The van der Waals surface area contributed by atoms with E-state index in [0.717, 1.165) is 0 Å². The van der Waals surface area contributed by atoms with Crippen LogP contribution in [0.4, 0.5) is 0 Å². The Morgan fingerprint density at radius 3 is 2.44 bits per heavy atom. The summed E-state index contributed by atoms with van der Waals surface area (Å²) in [5, 5.41) is 15.6. The van der Waals surface area contributed by atoms with Crippen LogP contribution >= 0.6 is 23.2 Å². The second-order valence-electron chi connectivity index (χ2n) is 4.89. The number of carbonyl (C=O) groups is 2. The quantitative estimate of drug-likeness (QED) is 0.531. The molecule has 0 saturated carbocycles. The van der Waals surface area contributed by atoms with E-state index in [-0.39, 0.29) is 30.4 Å². The predicted molar refractivity (Wildman–Crippen MR) is 96.7 cm³/mol. The van der Waals surface area contributed by atoms with Crippen LogP contribution in [0.2, 0.25) is 10.0 Å². The van der Waals surface area contributed by atoms with Crippen LogP contribution in [0.3, 0.4) is 0 Å². The molecule has 2 amide bonds. The summed E-state index contributed by atoms with van der Waals surface area (Å²) in [6.07, 6.45) is 4.23. The number of hydrogen-bond donors (Lipinski definition) is 3. The van der Waals surface area contributed by atoms with Gasteiger partial charge in [-0.1, -0.05) is 29.3 Å². The highest BCUT2D eigenvalue weighted by atomic mass is 35.5. The van der Waals surface area contributed by atoms with Crippen molar-refractivity contribution in [1.82, 2.24) is 15.6 Å². The first kappa shape index (κ1) is 18.8. The third-order valence-electron chi connectivity index (χ3n) is 3.11. The number of nitrogens with one attached hydrogen (secondary N) is 2. The maximum Gasteiger partial charge on any atom is 0.273 e. The van der Waals surface area contributed by atoms with Gasteiger partial charge in [0, 0.05) is 41.0 Å². The van der Waals surface area contributed by atoms with Gasteiger partial charge in [-0.15, -0.1) is 0 Å². The van der Waals surface area contributed by atoms with Gasteiger partial charge in [-0.2, -0.15) is 0 Å². The first-order valence-corrected chi connectivity index (χ1v) is 8.06. The van der Waals surface area contributed by atoms with Gasteiger partial charge in [-0.05, 0) is 30.3 Å². The zero-order valence-corrected chi connectivity index (χ0v) is 14.5. The number of pyridine rings is 1. The highest BCUT2D eigenvalue weighted by Gasteiger charge is 2.11. The van der Waals surface area contributed by atoms with Crippen molar-refractivity contribution in [3.63, 3.8) is 0 Å². The summed E-state index contributed by atoms with van der Waals surface area (Å²) in [6, 6.07) is 7.95. The molecule has 25 heavy (non-hydrogen) atoms. The fourth-order valence-corrected chi connectivity index (χ4v) is 2.43. The van der Waals surface area contributed by atoms with E-state index < -0.39 is 5.91 Å². The summed E-state index contributed by atoms with van der Waals surface area (Å²) in [7, 11) is 0. The van der Waals surface area contributed by atoms with Crippen LogP contribution in [0.15, 0.2) is 42.6 Å². The minimum Gasteiger partial charge on any atom is -0.505 e. The fraction of sp³-hybridized carbons (Fsp3) is 0.118. The Balaban J connectivity index is 1.78. The van der Waals surface area contributed by atoms with Gasteiger partial charge >= 0.3 is 0 Å². The molecule has 130 valence electrons. The molecule has 0 fully saturated rings. The number of benzene rings is 1. The molecular weight excluding hydrogens is 365 g/mol. The van der Waals surface area contributed by atoms with Crippen molar-refractivity contribution in [3.8, 4) is 5.75 Å². The van der Waals surface area contributed by atoms with Crippen molar-refractivity contribution in [2.45, 2.75) is 0 Å². The van der Waals surface area contributed by atoms with E-state index in [0.29, 0.717) is 15.6 Å². The first-order chi connectivity index (χ1) is 12.0. The number of aromatic hydroxyl groups is 1. The molecule has 0 aliphatic rings. The van der Waals surface area contributed by atoms with Gasteiger partial charge in [0.05, 0.1) is 0 Å². The van der Waals surface area contributed by atoms with Gasteiger partial charge in [-0.25, -0.2) is 4.98 Å². The highest BCUT2D eigenvalue weighted by molar-refractivity contribution is 6.37. The molecule has 3 N–H and O–H groups in total. The second kappa shape index (κ2) is 9.05. The summed E-state index contributed by atoms with van der Waals surface area (Å²) in [6.45, 7) is 0.389.